The van der Waals surface area contributed by atoms with E-state index in [2.05, 4.69) is 5.32 Å². The van der Waals surface area contributed by atoms with Crippen LogP contribution < -0.4 is 15.8 Å². The molecule has 100 valence electrons. The van der Waals surface area contributed by atoms with E-state index in [1.165, 1.54) is 0 Å². The van der Waals surface area contributed by atoms with Crippen LogP contribution >= 0.6 is 11.6 Å². The van der Waals surface area contributed by atoms with Gasteiger partial charge in [-0.25, -0.2) is 0 Å². The minimum absolute atomic E-state index is 0.0471. The van der Waals surface area contributed by atoms with Crippen molar-refractivity contribution in [3.05, 3.63) is 23.2 Å². The van der Waals surface area contributed by atoms with E-state index in [9.17, 15) is 4.79 Å². The SMILES string of the molecule is CC(C)Oc1ccc(NC(=O)C(C)(C)N)cc1Cl. The molecule has 4 nitrogen and oxygen atoms in total. The molecule has 18 heavy (non-hydrogen) atoms. The van der Waals surface area contributed by atoms with Gasteiger partial charge >= 0.3 is 0 Å². The van der Waals surface area contributed by atoms with Gasteiger partial charge in [-0.3, -0.25) is 4.79 Å². The number of ether oxygens (including phenoxy) is 1. The van der Waals surface area contributed by atoms with E-state index in [0.717, 1.165) is 0 Å². The topological polar surface area (TPSA) is 64.3 Å². The van der Waals surface area contributed by atoms with Crippen LogP contribution in [-0.4, -0.2) is 17.6 Å². The lowest BCUT2D eigenvalue weighted by atomic mass is 10.1. The third-order valence-electron chi connectivity index (χ3n) is 2.14. The molecule has 1 aromatic carbocycles. The van der Waals surface area contributed by atoms with Gasteiger partial charge in [0.1, 0.15) is 5.75 Å². The summed E-state index contributed by atoms with van der Waals surface area (Å²) in [5.74, 6) is 0.327. The molecule has 0 atom stereocenters. The number of carbonyl (C=O) groups excluding carboxylic acids is 1. The van der Waals surface area contributed by atoms with E-state index in [-0.39, 0.29) is 12.0 Å². The number of nitrogens with one attached hydrogen (secondary N) is 1. The van der Waals surface area contributed by atoms with Crippen LogP contribution in [0.5, 0.6) is 5.75 Å². The molecule has 0 radical (unpaired) electrons. The lowest BCUT2D eigenvalue weighted by molar-refractivity contribution is -0.120. The molecule has 3 N–H and O–H groups in total. The fourth-order valence-electron chi connectivity index (χ4n) is 1.22. The van der Waals surface area contributed by atoms with E-state index in [1.54, 1.807) is 32.0 Å². The van der Waals surface area contributed by atoms with Crippen LogP contribution in [0.4, 0.5) is 5.69 Å². The van der Waals surface area contributed by atoms with E-state index in [0.29, 0.717) is 16.5 Å². The Morgan fingerprint density at radius 3 is 2.50 bits per heavy atom. The zero-order valence-electron chi connectivity index (χ0n) is 11.1. The monoisotopic (exact) mass is 270 g/mol. The first kappa shape index (κ1) is 14.8. The Kier molecular flexibility index (Phi) is 4.59. The Balaban J connectivity index is 2.82. The summed E-state index contributed by atoms with van der Waals surface area (Å²) in [6, 6.07) is 5.09. The number of hydrogen-bond acceptors (Lipinski definition) is 3. The standard InChI is InChI=1S/C13H19ClN2O2/c1-8(2)18-11-6-5-9(7-10(11)14)16-12(17)13(3,4)15/h5-8H,15H2,1-4H3,(H,16,17). The van der Waals surface area contributed by atoms with Crippen LogP contribution in [0.25, 0.3) is 0 Å². The van der Waals surface area contributed by atoms with Gasteiger partial charge in [-0.1, -0.05) is 11.6 Å². The average molecular weight is 271 g/mol. The lowest BCUT2D eigenvalue weighted by Crippen LogP contribution is -2.45. The molecule has 1 amide bonds. The lowest BCUT2D eigenvalue weighted by Gasteiger charge is -2.18. The third kappa shape index (κ3) is 4.20. The van der Waals surface area contributed by atoms with Gasteiger partial charge < -0.3 is 15.8 Å². The predicted molar refractivity (Wildman–Crippen MR) is 74.1 cm³/mol. The third-order valence-corrected chi connectivity index (χ3v) is 2.43. The van der Waals surface area contributed by atoms with Gasteiger partial charge in [-0.2, -0.15) is 0 Å². The van der Waals surface area contributed by atoms with Crippen molar-refractivity contribution in [2.75, 3.05) is 5.32 Å². The van der Waals surface area contributed by atoms with Crippen LogP contribution in [0.3, 0.4) is 0 Å². The van der Waals surface area contributed by atoms with Crippen molar-refractivity contribution >= 4 is 23.2 Å². The van der Waals surface area contributed by atoms with Crippen molar-refractivity contribution in [1.82, 2.24) is 0 Å². The molecule has 0 heterocycles. The second-order valence-electron chi connectivity index (χ2n) is 4.99. The van der Waals surface area contributed by atoms with E-state index in [4.69, 9.17) is 22.1 Å². The van der Waals surface area contributed by atoms with Gasteiger partial charge in [-0.15, -0.1) is 0 Å². The van der Waals surface area contributed by atoms with Gasteiger partial charge in [-0.05, 0) is 45.9 Å². The normalized spacial score (nSPS) is 11.5. The van der Waals surface area contributed by atoms with Crippen LogP contribution in [0.1, 0.15) is 27.7 Å². The summed E-state index contributed by atoms with van der Waals surface area (Å²) in [7, 11) is 0. The molecule has 0 saturated heterocycles. The van der Waals surface area contributed by atoms with Crippen LogP contribution in [0, 0.1) is 0 Å². The molecule has 0 saturated carbocycles. The van der Waals surface area contributed by atoms with Crippen LogP contribution in [-0.2, 0) is 4.79 Å². The number of nitrogens with two attached hydrogens (primary N) is 1. The Labute approximate surface area is 112 Å². The zero-order chi connectivity index (χ0) is 13.9. The Hall–Kier alpha value is -1.26. The van der Waals surface area contributed by atoms with Gasteiger partial charge in [0.05, 0.1) is 16.7 Å². The van der Waals surface area contributed by atoms with Crippen molar-refractivity contribution < 1.29 is 9.53 Å². The maximum absolute atomic E-state index is 11.7. The summed E-state index contributed by atoms with van der Waals surface area (Å²) in [5, 5.41) is 3.15. The Morgan fingerprint density at radius 1 is 1.44 bits per heavy atom. The number of carbonyl (C=O) groups is 1. The first-order chi connectivity index (χ1) is 8.20. The smallest absolute Gasteiger partial charge is 0.243 e. The van der Waals surface area contributed by atoms with E-state index in [1.807, 2.05) is 13.8 Å². The number of halogens is 1. The molecule has 0 aliphatic rings. The van der Waals surface area contributed by atoms with E-state index < -0.39 is 5.54 Å². The minimum atomic E-state index is -0.931. The highest BCUT2D eigenvalue weighted by molar-refractivity contribution is 6.32. The average Bonchev–Trinajstić information content (AvgIpc) is 2.20. The Bertz CT molecular complexity index is 439. The quantitative estimate of drug-likeness (QED) is 0.884. The van der Waals surface area contributed by atoms with Gasteiger partial charge in [0.15, 0.2) is 0 Å². The largest absolute Gasteiger partial charge is 0.489 e. The number of hydrogen-bond donors (Lipinski definition) is 2. The first-order valence-corrected chi connectivity index (χ1v) is 6.14. The molecular formula is C13H19ClN2O2. The molecule has 5 heteroatoms. The molecule has 0 aliphatic carbocycles. The second-order valence-corrected chi connectivity index (χ2v) is 5.39. The van der Waals surface area contributed by atoms with Crippen LogP contribution in [0.15, 0.2) is 18.2 Å². The van der Waals surface area contributed by atoms with Gasteiger partial charge in [0.25, 0.3) is 0 Å². The molecule has 0 aromatic heterocycles. The van der Waals surface area contributed by atoms with Crippen molar-refractivity contribution in [3.63, 3.8) is 0 Å². The number of amides is 1. The zero-order valence-corrected chi connectivity index (χ0v) is 11.8. The fraction of sp³-hybridized carbons (Fsp3) is 0.462. The van der Waals surface area contributed by atoms with Gasteiger partial charge in [0, 0.05) is 5.69 Å². The highest BCUT2D eigenvalue weighted by atomic mass is 35.5. The number of benzene rings is 1. The molecule has 0 fully saturated rings. The maximum atomic E-state index is 11.7. The summed E-state index contributed by atoms with van der Waals surface area (Å²) in [5.41, 5.74) is 5.36. The highest BCUT2D eigenvalue weighted by Gasteiger charge is 2.22. The molecule has 0 unspecified atom stereocenters. The molecule has 0 bridgehead atoms. The molecule has 1 rings (SSSR count). The second kappa shape index (κ2) is 5.59. The predicted octanol–water partition coefficient (Wildman–Crippen LogP) is 2.80. The molecule has 0 spiro atoms. The van der Waals surface area contributed by atoms with E-state index >= 15 is 0 Å². The summed E-state index contributed by atoms with van der Waals surface area (Å²) in [6.07, 6.45) is 0.0471. The molecule has 1 aromatic rings. The number of rotatable bonds is 4. The summed E-state index contributed by atoms with van der Waals surface area (Å²) in [6.45, 7) is 7.12. The highest BCUT2D eigenvalue weighted by Crippen LogP contribution is 2.28. The minimum Gasteiger partial charge on any atom is -0.489 e. The van der Waals surface area contributed by atoms with Crippen molar-refractivity contribution in [2.24, 2.45) is 5.73 Å². The van der Waals surface area contributed by atoms with Crippen LogP contribution in [0.2, 0.25) is 5.02 Å². The summed E-state index contributed by atoms with van der Waals surface area (Å²) in [4.78, 5) is 11.7. The molecular weight excluding hydrogens is 252 g/mol. The number of anilines is 1. The van der Waals surface area contributed by atoms with Gasteiger partial charge in [0.2, 0.25) is 5.91 Å². The summed E-state index contributed by atoms with van der Waals surface area (Å²) < 4.78 is 5.50. The first-order valence-electron chi connectivity index (χ1n) is 5.76. The summed E-state index contributed by atoms with van der Waals surface area (Å²) >= 11 is 6.06. The van der Waals surface area contributed by atoms with Crippen molar-refractivity contribution in [3.8, 4) is 5.75 Å². The van der Waals surface area contributed by atoms with Crippen molar-refractivity contribution in [2.45, 2.75) is 39.3 Å². The maximum Gasteiger partial charge on any atom is 0.243 e. The van der Waals surface area contributed by atoms with Crippen molar-refractivity contribution in [1.29, 1.82) is 0 Å². The Morgan fingerprint density at radius 2 is 2.06 bits per heavy atom. The molecule has 0 aliphatic heterocycles. The fourth-order valence-corrected chi connectivity index (χ4v) is 1.45.